The van der Waals surface area contributed by atoms with E-state index >= 15 is 0 Å². The number of halogens is 1. The van der Waals surface area contributed by atoms with Crippen LogP contribution in [0.3, 0.4) is 0 Å². The van der Waals surface area contributed by atoms with Gasteiger partial charge in [0.1, 0.15) is 0 Å². The lowest BCUT2D eigenvalue weighted by Crippen LogP contribution is -1.90. The van der Waals surface area contributed by atoms with Crippen LogP contribution in [0.25, 0.3) is 0 Å². The van der Waals surface area contributed by atoms with Gasteiger partial charge in [-0.05, 0) is 18.6 Å². The van der Waals surface area contributed by atoms with Crippen molar-refractivity contribution in [3.8, 4) is 5.75 Å². The molecule has 1 aromatic carbocycles. The zero-order valence-electron chi connectivity index (χ0n) is 7.56. The fourth-order valence-electron chi connectivity index (χ4n) is 0.680. The molecule has 68 valence electrons. The van der Waals surface area contributed by atoms with E-state index in [-0.39, 0.29) is 5.69 Å². The second-order valence-electron chi connectivity index (χ2n) is 2.13. The van der Waals surface area contributed by atoms with Crippen LogP contribution in [0, 0.1) is 12.7 Å². The quantitative estimate of drug-likeness (QED) is 0.465. The molecule has 3 heteroatoms. The van der Waals surface area contributed by atoms with Gasteiger partial charge >= 0.3 is 0 Å². The first-order chi connectivity index (χ1) is 5.63. The molecule has 0 heterocycles. The maximum atomic E-state index is 12.7. The Morgan fingerprint density at radius 2 is 1.83 bits per heavy atom. The van der Waals surface area contributed by atoms with Crippen LogP contribution in [0.5, 0.6) is 5.75 Å². The number of aryl methyl sites for hydroxylation is 1. The molecular weight excluding hydrogens is 157 g/mol. The monoisotopic (exact) mass is 171 g/mol. The molecular formula is C9H14FNO. The summed E-state index contributed by atoms with van der Waals surface area (Å²) in [6.45, 7) is 5.56. The summed E-state index contributed by atoms with van der Waals surface area (Å²) < 4.78 is 12.7. The fraction of sp³-hybridized carbons (Fsp3) is 0.333. The third-order valence-electron chi connectivity index (χ3n) is 1.34. The van der Waals surface area contributed by atoms with E-state index in [1.54, 1.807) is 6.92 Å². The second-order valence-corrected chi connectivity index (χ2v) is 2.13. The van der Waals surface area contributed by atoms with Crippen LogP contribution in [0.1, 0.15) is 19.4 Å². The topological polar surface area (TPSA) is 46.2 Å². The average molecular weight is 171 g/mol. The number of phenols is 1. The van der Waals surface area contributed by atoms with Gasteiger partial charge in [0.25, 0.3) is 0 Å². The maximum absolute atomic E-state index is 12.7. The fourth-order valence-corrected chi connectivity index (χ4v) is 0.680. The molecule has 3 N–H and O–H groups in total. The Kier molecular flexibility index (Phi) is 4.11. The highest BCUT2D eigenvalue weighted by Gasteiger charge is 2.05. The summed E-state index contributed by atoms with van der Waals surface area (Å²) in [5.41, 5.74) is 5.67. The molecule has 0 aliphatic rings. The Labute approximate surface area is 71.8 Å². The van der Waals surface area contributed by atoms with Gasteiger partial charge < -0.3 is 10.8 Å². The van der Waals surface area contributed by atoms with Gasteiger partial charge in [0.05, 0.1) is 5.69 Å². The van der Waals surface area contributed by atoms with Gasteiger partial charge in [-0.15, -0.1) is 0 Å². The summed E-state index contributed by atoms with van der Waals surface area (Å²) in [6.07, 6.45) is 0. The van der Waals surface area contributed by atoms with Crippen LogP contribution >= 0.6 is 0 Å². The van der Waals surface area contributed by atoms with Gasteiger partial charge in [0, 0.05) is 0 Å². The molecule has 0 unspecified atom stereocenters. The van der Waals surface area contributed by atoms with Gasteiger partial charge in [-0.2, -0.15) is 0 Å². The SMILES string of the molecule is CC.Cc1ccc(N)c(O)c1F. The van der Waals surface area contributed by atoms with Crippen LogP contribution in [0.15, 0.2) is 12.1 Å². The number of hydrogen-bond acceptors (Lipinski definition) is 2. The lowest BCUT2D eigenvalue weighted by molar-refractivity contribution is 0.433. The minimum absolute atomic E-state index is 0.0723. The summed E-state index contributed by atoms with van der Waals surface area (Å²) in [5.74, 6) is -1.10. The van der Waals surface area contributed by atoms with E-state index in [1.165, 1.54) is 12.1 Å². The Hall–Kier alpha value is -1.25. The molecule has 0 radical (unpaired) electrons. The molecule has 1 aromatic rings. The van der Waals surface area contributed by atoms with Gasteiger partial charge in [-0.1, -0.05) is 19.9 Å². The molecule has 0 aliphatic heterocycles. The first-order valence-corrected chi connectivity index (χ1v) is 3.86. The number of aromatic hydroxyl groups is 1. The van der Waals surface area contributed by atoms with Gasteiger partial charge in [-0.3, -0.25) is 0 Å². The first kappa shape index (κ1) is 10.8. The second kappa shape index (κ2) is 4.59. The highest BCUT2D eigenvalue weighted by atomic mass is 19.1. The number of benzene rings is 1. The Bertz CT molecular complexity index is 234. The predicted molar refractivity (Wildman–Crippen MR) is 48.6 cm³/mol. The number of hydrogen-bond donors (Lipinski definition) is 2. The molecule has 0 saturated carbocycles. The molecule has 1 rings (SSSR count). The minimum Gasteiger partial charge on any atom is -0.503 e. The van der Waals surface area contributed by atoms with E-state index in [9.17, 15) is 4.39 Å². The van der Waals surface area contributed by atoms with E-state index < -0.39 is 11.6 Å². The van der Waals surface area contributed by atoms with Crippen molar-refractivity contribution >= 4 is 5.69 Å². The van der Waals surface area contributed by atoms with E-state index in [4.69, 9.17) is 10.8 Å². The molecule has 12 heavy (non-hydrogen) atoms. The smallest absolute Gasteiger partial charge is 0.174 e. The lowest BCUT2D eigenvalue weighted by Gasteiger charge is -2.00. The highest BCUT2D eigenvalue weighted by molar-refractivity contribution is 5.53. The van der Waals surface area contributed by atoms with Crippen molar-refractivity contribution in [2.24, 2.45) is 0 Å². The van der Waals surface area contributed by atoms with Crippen molar-refractivity contribution < 1.29 is 9.50 Å². The van der Waals surface area contributed by atoms with Gasteiger partial charge in [0.15, 0.2) is 11.6 Å². The number of nitrogen functional groups attached to an aromatic ring is 1. The zero-order valence-corrected chi connectivity index (χ0v) is 7.56. The van der Waals surface area contributed by atoms with Crippen molar-refractivity contribution in [3.05, 3.63) is 23.5 Å². The Morgan fingerprint density at radius 3 is 2.25 bits per heavy atom. The van der Waals surface area contributed by atoms with Crippen molar-refractivity contribution in [3.63, 3.8) is 0 Å². The molecule has 0 saturated heterocycles. The van der Waals surface area contributed by atoms with Crippen molar-refractivity contribution in [1.82, 2.24) is 0 Å². The number of nitrogens with two attached hydrogens (primary N) is 1. The molecule has 0 fully saturated rings. The van der Waals surface area contributed by atoms with E-state index in [2.05, 4.69) is 0 Å². The van der Waals surface area contributed by atoms with Crippen LogP contribution < -0.4 is 5.73 Å². The van der Waals surface area contributed by atoms with Crippen LogP contribution in [0.2, 0.25) is 0 Å². The zero-order chi connectivity index (χ0) is 9.72. The third-order valence-corrected chi connectivity index (χ3v) is 1.34. The molecule has 0 atom stereocenters. The number of rotatable bonds is 0. The van der Waals surface area contributed by atoms with Crippen LogP contribution in [0.4, 0.5) is 10.1 Å². The summed E-state index contributed by atoms with van der Waals surface area (Å²) in [7, 11) is 0. The largest absolute Gasteiger partial charge is 0.503 e. The summed E-state index contributed by atoms with van der Waals surface area (Å²) in [4.78, 5) is 0. The van der Waals surface area contributed by atoms with E-state index in [1.807, 2.05) is 13.8 Å². The third kappa shape index (κ3) is 2.12. The van der Waals surface area contributed by atoms with Crippen molar-refractivity contribution in [2.45, 2.75) is 20.8 Å². The summed E-state index contributed by atoms with van der Waals surface area (Å²) in [6, 6.07) is 2.98. The van der Waals surface area contributed by atoms with Crippen LogP contribution in [-0.2, 0) is 0 Å². The van der Waals surface area contributed by atoms with Gasteiger partial charge in [-0.25, -0.2) is 4.39 Å². The van der Waals surface area contributed by atoms with Crippen molar-refractivity contribution in [1.29, 1.82) is 0 Å². The summed E-state index contributed by atoms with van der Waals surface area (Å²) >= 11 is 0. The molecule has 0 amide bonds. The van der Waals surface area contributed by atoms with Gasteiger partial charge in [0.2, 0.25) is 0 Å². The molecule has 0 bridgehead atoms. The van der Waals surface area contributed by atoms with Crippen LogP contribution in [-0.4, -0.2) is 5.11 Å². The molecule has 0 aliphatic carbocycles. The standard InChI is InChI=1S/C7H8FNO.C2H6/c1-4-2-3-5(9)7(10)6(4)8;1-2/h2-3,10H,9H2,1H3;1-2H3. The maximum Gasteiger partial charge on any atom is 0.174 e. The van der Waals surface area contributed by atoms with E-state index in [0.717, 1.165) is 0 Å². The van der Waals surface area contributed by atoms with Crippen molar-refractivity contribution in [2.75, 3.05) is 5.73 Å². The minimum atomic E-state index is -0.639. The summed E-state index contributed by atoms with van der Waals surface area (Å²) in [5, 5.41) is 8.89. The first-order valence-electron chi connectivity index (χ1n) is 3.86. The average Bonchev–Trinajstić information content (AvgIpc) is 2.12. The molecule has 0 aromatic heterocycles. The van der Waals surface area contributed by atoms with E-state index in [0.29, 0.717) is 5.56 Å². The lowest BCUT2D eigenvalue weighted by atomic mass is 10.2. The highest BCUT2D eigenvalue weighted by Crippen LogP contribution is 2.25. The Balaban J connectivity index is 0.000000561. The normalized spacial score (nSPS) is 8.67. The number of phenolic OH excluding ortho intramolecular Hbond substituents is 1. The Morgan fingerprint density at radius 1 is 1.33 bits per heavy atom. The molecule has 0 spiro atoms. The number of anilines is 1. The predicted octanol–water partition coefficient (Wildman–Crippen LogP) is 2.45. The molecule has 2 nitrogen and oxygen atoms in total.